The molecule has 5 heteroatoms. The molecular weight excluding hydrogens is 316 g/mol. The second kappa shape index (κ2) is 7.13. The van der Waals surface area contributed by atoms with Gasteiger partial charge in [-0.25, -0.2) is 4.98 Å². The minimum Gasteiger partial charge on any atom is -0.481 e. The van der Waals surface area contributed by atoms with Crippen LogP contribution in [0.25, 0.3) is 23.1 Å². The number of carbonyl (C=O) groups is 1. The van der Waals surface area contributed by atoms with E-state index in [9.17, 15) is 9.59 Å². The summed E-state index contributed by atoms with van der Waals surface area (Å²) in [5.74, 6) is -0.501. The Bertz CT molecular complexity index is 1000. The van der Waals surface area contributed by atoms with Crippen LogP contribution in [-0.2, 0) is 11.3 Å². The van der Waals surface area contributed by atoms with Crippen LogP contribution in [0.2, 0.25) is 0 Å². The lowest BCUT2D eigenvalue weighted by molar-refractivity contribution is -0.137. The molecule has 0 spiro atoms. The number of carboxylic acids is 1. The summed E-state index contributed by atoms with van der Waals surface area (Å²) in [5, 5.41) is 9.44. The summed E-state index contributed by atoms with van der Waals surface area (Å²) in [5.41, 5.74) is 2.52. The number of fused-ring (bicyclic) bond motifs is 1. The Morgan fingerprint density at radius 2 is 1.84 bits per heavy atom. The number of hydrogen-bond acceptors (Lipinski definition) is 3. The van der Waals surface area contributed by atoms with Crippen LogP contribution in [0.3, 0.4) is 0 Å². The van der Waals surface area contributed by atoms with Gasteiger partial charge in [0.2, 0.25) is 0 Å². The Kier molecular flexibility index (Phi) is 4.75. The van der Waals surface area contributed by atoms with Gasteiger partial charge in [0.05, 0.1) is 17.3 Å². The standard InChI is InChI=1S/C20H18N2O3/c1-14-6-8-15(9-7-14)10-11-18-21-17-5-3-2-4-16(17)20(25)22(18)13-12-19(23)24/h2-11H,12-13H2,1H3,(H,23,24)/b11-10+. The Morgan fingerprint density at radius 1 is 1.12 bits per heavy atom. The molecule has 1 aromatic heterocycles. The normalized spacial score (nSPS) is 11.2. The number of nitrogens with zero attached hydrogens (tertiary/aromatic N) is 2. The number of para-hydroxylation sites is 1. The van der Waals surface area contributed by atoms with Crippen LogP contribution in [0.4, 0.5) is 0 Å². The van der Waals surface area contributed by atoms with Crippen molar-refractivity contribution in [1.82, 2.24) is 9.55 Å². The summed E-state index contributed by atoms with van der Waals surface area (Å²) in [6, 6.07) is 15.0. The van der Waals surface area contributed by atoms with Gasteiger partial charge >= 0.3 is 5.97 Å². The molecule has 0 radical (unpaired) electrons. The van der Waals surface area contributed by atoms with Gasteiger partial charge in [-0.05, 0) is 30.7 Å². The van der Waals surface area contributed by atoms with Crippen molar-refractivity contribution in [3.63, 3.8) is 0 Å². The quantitative estimate of drug-likeness (QED) is 0.776. The highest BCUT2D eigenvalue weighted by Crippen LogP contribution is 2.12. The molecule has 0 atom stereocenters. The molecule has 25 heavy (non-hydrogen) atoms. The van der Waals surface area contributed by atoms with E-state index in [0.29, 0.717) is 16.7 Å². The number of carboxylic acid groups (broad SMARTS) is 1. The predicted molar refractivity (Wildman–Crippen MR) is 98.4 cm³/mol. The van der Waals surface area contributed by atoms with Crippen LogP contribution in [0, 0.1) is 6.92 Å². The summed E-state index contributed by atoms with van der Waals surface area (Å²) in [7, 11) is 0. The molecule has 0 bridgehead atoms. The van der Waals surface area contributed by atoms with Gasteiger partial charge in [-0.1, -0.05) is 48.0 Å². The van der Waals surface area contributed by atoms with Crippen molar-refractivity contribution in [2.24, 2.45) is 0 Å². The first kappa shape index (κ1) is 16.6. The predicted octanol–water partition coefficient (Wildman–Crippen LogP) is 3.35. The highest BCUT2D eigenvalue weighted by Gasteiger charge is 2.10. The molecule has 0 amide bonds. The Hall–Kier alpha value is -3.21. The largest absolute Gasteiger partial charge is 0.481 e. The van der Waals surface area contributed by atoms with Crippen molar-refractivity contribution in [1.29, 1.82) is 0 Å². The van der Waals surface area contributed by atoms with Crippen molar-refractivity contribution in [3.8, 4) is 0 Å². The maximum absolute atomic E-state index is 12.7. The van der Waals surface area contributed by atoms with Gasteiger partial charge in [0.15, 0.2) is 0 Å². The second-order valence-electron chi connectivity index (χ2n) is 5.83. The average Bonchev–Trinajstić information content (AvgIpc) is 2.60. The number of aliphatic carboxylic acids is 1. The molecular formula is C20H18N2O3. The molecule has 0 aliphatic carbocycles. The zero-order valence-corrected chi connectivity index (χ0v) is 13.8. The van der Waals surface area contributed by atoms with Crippen LogP contribution in [0.5, 0.6) is 0 Å². The Balaban J connectivity index is 2.07. The van der Waals surface area contributed by atoms with Crippen molar-refractivity contribution >= 4 is 29.0 Å². The lowest BCUT2D eigenvalue weighted by Crippen LogP contribution is -2.25. The van der Waals surface area contributed by atoms with Gasteiger partial charge in [0.25, 0.3) is 5.56 Å². The average molecular weight is 334 g/mol. The number of rotatable bonds is 5. The van der Waals surface area contributed by atoms with Gasteiger partial charge < -0.3 is 5.11 Å². The molecule has 0 fully saturated rings. The smallest absolute Gasteiger partial charge is 0.305 e. The Labute approximate surface area is 144 Å². The molecule has 0 unspecified atom stereocenters. The molecule has 2 aromatic carbocycles. The lowest BCUT2D eigenvalue weighted by Gasteiger charge is -2.10. The molecule has 0 aliphatic heterocycles. The zero-order valence-electron chi connectivity index (χ0n) is 13.8. The number of aromatic nitrogens is 2. The van der Waals surface area contributed by atoms with Gasteiger partial charge in [-0.3, -0.25) is 14.2 Å². The zero-order chi connectivity index (χ0) is 17.8. The first-order valence-corrected chi connectivity index (χ1v) is 8.01. The molecule has 1 N–H and O–H groups in total. The number of benzene rings is 2. The van der Waals surface area contributed by atoms with Crippen LogP contribution < -0.4 is 5.56 Å². The lowest BCUT2D eigenvalue weighted by atomic mass is 10.1. The van der Waals surface area contributed by atoms with Crippen molar-refractivity contribution < 1.29 is 9.90 Å². The maximum atomic E-state index is 12.7. The summed E-state index contributed by atoms with van der Waals surface area (Å²) < 4.78 is 1.42. The van der Waals surface area contributed by atoms with Gasteiger partial charge in [0, 0.05) is 6.54 Å². The second-order valence-corrected chi connectivity index (χ2v) is 5.83. The molecule has 0 aliphatic rings. The molecule has 3 rings (SSSR count). The number of aryl methyl sites for hydroxylation is 1. The van der Waals surface area contributed by atoms with Gasteiger partial charge in [-0.15, -0.1) is 0 Å². The third kappa shape index (κ3) is 3.83. The summed E-state index contributed by atoms with van der Waals surface area (Å²) in [4.78, 5) is 28.2. The van der Waals surface area contributed by atoms with Crippen molar-refractivity contribution in [2.75, 3.05) is 0 Å². The molecule has 0 saturated carbocycles. The molecule has 126 valence electrons. The summed E-state index contributed by atoms with van der Waals surface area (Å²) in [6.07, 6.45) is 3.49. The van der Waals surface area contributed by atoms with E-state index in [2.05, 4.69) is 4.98 Å². The first-order valence-electron chi connectivity index (χ1n) is 8.01. The maximum Gasteiger partial charge on any atom is 0.305 e. The van der Waals surface area contributed by atoms with Gasteiger partial charge in [0.1, 0.15) is 5.82 Å². The van der Waals surface area contributed by atoms with E-state index in [-0.39, 0.29) is 18.5 Å². The molecule has 5 nitrogen and oxygen atoms in total. The van der Waals surface area contributed by atoms with E-state index in [1.165, 1.54) is 10.1 Å². The van der Waals surface area contributed by atoms with E-state index in [1.807, 2.05) is 43.3 Å². The van der Waals surface area contributed by atoms with Crippen LogP contribution in [0.1, 0.15) is 23.4 Å². The Morgan fingerprint density at radius 3 is 2.56 bits per heavy atom. The minimum atomic E-state index is -0.950. The van der Waals surface area contributed by atoms with Gasteiger partial charge in [-0.2, -0.15) is 0 Å². The molecule has 3 aromatic rings. The van der Waals surface area contributed by atoms with E-state index in [1.54, 1.807) is 24.3 Å². The number of hydrogen-bond donors (Lipinski definition) is 1. The van der Waals surface area contributed by atoms with E-state index in [0.717, 1.165) is 5.56 Å². The van der Waals surface area contributed by atoms with Crippen LogP contribution >= 0.6 is 0 Å². The fourth-order valence-corrected chi connectivity index (χ4v) is 2.58. The first-order chi connectivity index (χ1) is 12.0. The van der Waals surface area contributed by atoms with E-state index in [4.69, 9.17) is 5.11 Å². The minimum absolute atomic E-state index is 0.0829. The van der Waals surface area contributed by atoms with Crippen molar-refractivity contribution in [2.45, 2.75) is 19.9 Å². The summed E-state index contributed by atoms with van der Waals surface area (Å²) >= 11 is 0. The topological polar surface area (TPSA) is 72.2 Å². The summed E-state index contributed by atoms with van der Waals surface area (Å²) in [6.45, 7) is 2.10. The SMILES string of the molecule is Cc1ccc(/C=C/c2nc3ccccc3c(=O)n2CCC(=O)O)cc1. The highest BCUT2D eigenvalue weighted by atomic mass is 16.4. The van der Waals surface area contributed by atoms with Crippen molar-refractivity contribution in [3.05, 3.63) is 75.8 Å². The van der Waals surface area contributed by atoms with Crippen LogP contribution in [0.15, 0.2) is 53.3 Å². The third-order valence-corrected chi connectivity index (χ3v) is 3.94. The molecule has 1 heterocycles. The monoisotopic (exact) mass is 334 g/mol. The third-order valence-electron chi connectivity index (χ3n) is 3.94. The fourth-order valence-electron chi connectivity index (χ4n) is 2.58. The fraction of sp³-hybridized carbons (Fsp3) is 0.150. The van der Waals surface area contributed by atoms with Crippen LogP contribution in [-0.4, -0.2) is 20.6 Å². The highest BCUT2D eigenvalue weighted by molar-refractivity contribution is 5.79. The van der Waals surface area contributed by atoms with E-state index < -0.39 is 5.97 Å². The van der Waals surface area contributed by atoms with E-state index >= 15 is 0 Å². The molecule has 0 saturated heterocycles.